The second kappa shape index (κ2) is 22.3. The average Bonchev–Trinajstić information content (AvgIpc) is 3.77. The van der Waals surface area contributed by atoms with E-state index in [4.69, 9.17) is 33.2 Å². The maximum Gasteiger partial charge on any atom is 0.316 e. The molecular formula is C58H89FN2O17. The predicted octanol–water partition coefficient (Wildman–Crippen LogP) is 4.50. The molecule has 1 unspecified atom stereocenters. The molecule has 19 nitrogen and oxygen atoms in total. The zero-order chi connectivity index (χ0) is 58.2. The number of ether oxygens (including phenoxy) is 7. The first-order valence-electron chi connectivity index (χ1n) is 28.1. The van der Waals surface area contributed by atoms with Gasteiger partial charge in [0.2, 0.25) is 5.78 Å². The van der Waals surface area contributed by atoms with Crippen molar-refractivity contribution in [2.75, 3.05) is 34.3 Å². The lowest BCUT2D eigenvalue weighted by atomic mass is 9.45. The number of alkyl halides is 1. The van der Waals surface area contributed by atoms with E-state index in [0.717, 1.165) is 0 Å². The summed E-state index contributed by atoms with van der Waals surface area (Å²) in [5, 5.41) is 47.5. The number of likely N-dealkylation sites (N-methyl/N-ethyl adjacent to an activating group) is 2. The molecule has 4 aliphatic carbocycles. The summed E-state index contributed by atoms with van der Waals surface area (Å²) in [4.78, 5) is 86.4. The van der Waals surface area contributed by atoms with Gasteiger partial charge in [-0.15, -0.1) is 0 Å². The van der Waals surface area contributed by atoms with Crippen LogP contribution < -0.4 is 0 Å². The van der Waals surface area contributed by atoms with E-state index in [1.54, 1.807) is 75.7 Å². The van der Waals surface area contributed by atoms with Crippen LogP contribution in [0.1, 0.15) is 141 Å². The summed E-state index contributed by atoms with van der Waals surface area (Å²) in [6.07, 6.45) is -4.61. The Hall–Kier alpha value is -3.57. The lowest BCUT2D eigenvalue weighted by Gasteiger charge is -2.62. The number of carbonyl (C=O) groups is 6. The molecule has 7 aliphatic rings. The number of fused-ring (bicyclic) bond motifs is 7. The first-order valence-corrected chi connectivity index (χ1v) is 28.1. The van der Waals surface area contributed by atoms with Gasteiger partial charge in [-0.05, 0) is 133 Å². The van der Waals surface area contributed by atoms with Crippen LogP contribution in [0.15, 0.2) is 23.8 Å². The van der Waals surface area contributed by atoms with Crippen LogP contribution in [-0.2, 0) is 61.9 Å². The highest BCUT2D eigenvalue weighted by Crippen LogP contribution is 2.72. The van der Waals surface area contributed by atoms with Crippen LogP contribution in [0.3, 0.4) is 0 Å². The van der Waals surface area contributed by atoms with E-state index >= 15 is 4.39 Å². The van der Waals surface area contributed by atoms with E-state index in [1.807, 2.05) is 22.8 Å². The Morgan fingerprint density at radius 2 is 1.58 bits per heavy atom. The molecule has 0 aromatic carbocycles. The Morgan fingerprint density at radius 3 is 2.22 bits per heavy atom. The van der Waals surface area contributed by atoms with Crippen molar-refractivity contribution in [2.45, 2.75) is 230 Å². The van der Waals surface area contributed by atoms with Gasteiger partial charge in [0.1, 0.15) is 23.7 Å². The number of hydrogen-bond acceptors (Lipinski definition) is 19. The van der Waals surface area contributed by atoms with Crippen LogP contribution in [0, 0.1) is 40.4 Å². The van der Waals surface area contributed by atoms with Gasteiger partial charge in [-0.3, -0.25) is 28.8 Å². The standard InChI is InChI=1S/C58H89FN2O17/c1-16-42-56(12,71)48(68)34(6)61(15)28-30(2)26-55(11,70)49(32(4)46(67)33(5)50(69)74-42)76-51-47(39(60(13)14)23-31(3)73-51)75-45(66)20-19-44(65)72-29-41(64)58-43(77-52(7,8)78-58)25-38-37-18-17-35-24-36(62)21-22-53(35,9)57(37,59)40(63)27-54(38,58)10/h17,21-22,30-34,37-40,42-43,47-49,51,63,68,70-71H,16,18-20,23-29H2,1-15H3/t30-,31-,32+,33-,34-,37+,38+,39?,40+,42-,43-,47-,48-,49-,51+,53+,54+,55-,56-,57+,58-/m1/s1. The second-order valence-electron chi connectivity index (χ2n) is 25.8. The van der Waals surface area contributed by atoms with Crippen LogP contribution in [-0.4, -0.2) is 189 Å². The van der Waals surface area contributed by atoms with Gasteiger partial charge in [-0.1, -0.05) is 45.4 Å². The summed E-state index contributed by atoms with van der Waals surface area (Å²) in [7, 11) is 5.33. The van der Waals surface area contributed by atoms with Crippen molar-refractivity contribution >= 4 is 35.3 Å². The second-order valence-corrected chi connectivity index (χ2v) is 25.8. The zero-order valence-corrected chi connectivity index (χ0v) is 48.5. The van der Waals surface area contributed by atoms with Crippen molar-refractivity contribution < 1.29 is 86.7 Å². The maximum absolute atomic E-state index is 18.0. The fraction of sp³-hybridized carbons (Fsp3) is 0.828. The molecule has 0 spiro atoms. The third-order valence-corrected chi connectivity index (χ3v) is 19.4. The average molecular weight is 1110 g/mol. The van der Waals surface area contributed by atoms with Gasteiger partial charge in [0, 0.05) is 41.7 Å². The normalized spacial score (nSPS) is 46.1. The van der Waals surface area contributed by atoms with Crippen molar-refractivity contribution in [3.8, 4) is 0 Å². The molecule has 5 fully saturated rings. The fourth-order valence-corrected chi connectivity index (χ4v) is 15.2. The van der Waals surface area contributed by atoms with E-state index in [2.05, 4.69) is 0 Å². The third-order valence-electron chi connectivity index (χ3n) is 19.4. The van der Waals surface area contributed by atoms with Crippen molar-refractivity contribution in [3.63, 3.8) is 0 Å². The first kappa shape index (κ1) is 62.0. The van der Waals surface area contributed by atoms with Crippen molar-refractivity contribution in [3.05, 3.63) is 23.8 Å². The Kier molecular flexibility index (Phi) is 17.7. The Bertz CT molecular complexity index is 2370. The molecule has 0 aromatic heterocycles. The molecule has 0 amide bonds. The molecule has 3 saturated heterocycles. The number of Topliss-reactive ketones (excluding diaryl/α,β-unsaturated/α-hetero) is 2. The van der Waals surface area contributed by atoms with Crippen LogP contribution in [0.25, 0.3) is 0 Å². The van der Waals surface area contributed by atoms with E-state index < -0.39 is 173 Å². The van der Waals surface area contributed by atoms with Gasteiger partial charge < -0.3 is 63.4 Å². The Balaban J connectivity index is 1.06. The van der Waals surface area contributed by atoms with E-state index in [1.165, 1.54) is 33.8 Å². The van der Waals surface area contributed by atoms with Crippen LogP contribution in [0.2, 0.25) is 0 Å². The number of ketones is 3. The number of aliphatic hydroxyl groups is 4. The molecule has 0 aromatic rings. The van der Waals surface area contributed by atoms with Crippen LogP contribution in [0.5, 0.6) is 0 Å². The summed E-state index contributed by atoms with van der Waals surface area (Å²) in [5.74, 6) is -9.49. The summed E-state index contributed by atoms with van der Waals surface area (Å²) in [6, 6.07) is -1.16. The minimum atomic E-state index is -2.16. The molecule has 0 bridgehead atoms. The first-order chi connectivity index (χ1) is 36.0. The molecule has 0 radical (unpaired) electrons. The smallest absolute Gasteiger partial charge is 0.316 e. The molecule has 21 atom stereocenters. The molecule has 3 aliphatic heterocycles. The summed E-state index contributed by atoms with van der Waals surface area (Å²) < 4.78 is 61.5. The molecule has 440 valence electrons. The number of aliphatic hydroxyl groups excluding tert-OH is 2. The zero-order valence-electron chi connectivity index (χ0n) is 48.5. The number of hydrogen-bond donors (Lipinski definition) is 4. The minimum absolute atomic E-state index is 0.0575. The Morgan fingerprint density at radius 1 is 0.923 bits per heavy atom. The number of nitrogens with zero attached hydrogens (tertiary/aromatic N) is 2. The molecule has 2 saturated carbocycles. The number of rotatable bonds is 11. The van der Waals surface area contributed by atoms with Gasteiger partial charge in [-0.2, -0.15) is 0 Å². The number of carbonyl (C=O) groups excluding carboxylic acids is 6. The van der Waals surface area contributed by atoms with Gasteiger partial charge >= 0.3 is 17.9 Å². The predicted molar refractivity (Wildman–Crippen MR) is 280 cm³/mol. The highest BCUT2D eigenvalue weighted by atomic mass is 19.1. The summed E-state index contributed by atoms with van der Waals surface area (Å²) >= 11 is 0. The summed E-state index contributed by atoms with van der Waals surface area (Å²) in [6.45, 7) is 19.4. The van der Waals surface area contributed by atoms with Gasteiger partial charge in [-0.25, -0.2) is 4.39 Å². The van der Waals surface area contributed by atoms with Crippen LogP contribution in [0.4, 0.5) is 4.39 Å². The topological polar surface area (TPSA) is 254 Å². The van der Waals surface area contributed by atoms with E-state index in [-0.39, 0.29) is 50.2 Å². The fourth-order valence-electron chi connectivity index (χ4n) is 15.2. The molecule has 20 heteroatoms. The highest BCUT2D eigenvalue weighted by molar-refractivity contribution is 6.00. The minimum Gasteiger partial charge on any atom is -0.459 e. The van der Waals surface area contributed by atoms with Crippen LogP contribution >= 0.6 is 0 Å². The number of esters is 3. The third kappa shape index (κ3) is 10.9. The monoisotopic (exact) mass is 1100 g/mol. The molecular weight excluding hydrogens is 1020 g/mol. The van der Waals surface area contributed by atoms with E-state index in [0.29, 0.717) is 18.5 Å². The molecule has 7 rings (SSSR count). The Labute approximate surface area is 459 Å². The lowest BCUT2D eigenvalue weighted by molar-refractivity contribution is -0.296. The highest BCUT2D eigenvalue weighted by Gasteiger charge is 2.80. The van der Waals surface area contributed by atoms with Gasteiger partial charge in [0.25, 0.3) is 0 Å². The largest absolute Gasteiger partial charge is 0.459 e. The number of halogens is 1. The van der Waals surface area contributed by atoms with Gasteiger partial charge in [0.15, 0.2) is 47.6 Å². The number of allylic oxidation sites excluding steroid dienone is 4. The van der Waals surface area contributed by atoms with Crippen molar-refractivity contribution in [1.82, 2.24) is 9.80 Å². The molecule has 3 heterocycles. The van der Waals surface area contributed by atoms with Crippen molar-refractivity contribution in [1.29, 1.82) is 0 Å². The van der Waals surface area contributed by atoms with Gasteiger partial charge in [0.05, 0.1) is 48.9 Å². The maximum atomic E-state index is 18.0. The SMILES string of the molecule is CC[C@H]1OC(=O)[C@H](C)C(=O)[C@H](C)[C@@H](O[C@@H]2O[C@H](C)CC(N(C)C)[C@H]2OC(=O)CCC(=O)OCC(=O)[C@@]23OC(C)(C)O[C@@H]2C[C@H]2[C@@H]4CC=C5CC(=O)C=C[C@]5(C)[C@@]4(F)[C@@H](O)C[C@@]23C)[C@](C)(O)C[C@@H](C)CN(C)[C@H](C)[C@@H](O)[C@]1(C)O. The summed E-state index contributed by atoms with van der Waals surface area (Å²) in [5.41, 5.74) is -9.38. The molecule has 4 N–H and O–H groups in total. The van der Waals surface area contributed by atoms with Crippen molar-refractivity contribution in [2.24, 2.45) is 40.4 Å². The number of cyclic esters (lactones) is 1. The molecule has 78 heavy (non-hydrogen) atoms. The van der Waals surface area contributed by atoms with E-state index in [9.17, 15) is 49.2 Å². The quantitative estimate of drug-likeness (QED) is 0.0962. The lowest BCUT2D eigenvalue weighted by Crippen LogP contribution is -2.69.